The zero-order valence-electron chi connectivity index (χ0n) is 8.64. The first-order chi connectivity index (χ1) is 7.51. The number of methoxy groups -OCH3 is 1. The number of carbonyl (C=O) groups excluding carboxylic acids is 2. The van der Waals surface area contributed by atoms with E-state index in [4.69, 9.17) is 0 Å². The summed E-state index contributed by atoms with van der Waals surface area (Å²) in [4.78, 5) is 21.3. The van der Waals surface area contributed by atoms with Crippen LogP contribution in [0.1, 0.15) is 17.3 Å². The molecule has 0 unspecified atom stereocenters. The summed E-state index contributed by atoms with van der Waals surface area (Å²) >= 11 is 0. The largest absolute Gasteiger partial charge is 0.491 e. The fourth-order valence-electron chi connectivity index (χ4n) is 1.20. The van der Waals surface area contributed by atoms with Crippen molar-refractivity contribution in [3.05, 3.63) is 23.3 Å². The van der Waals surface area contributed by atoms with Gasteiger partial charge in [0.05, 0.1) is 18.4 Å². The molecule has 0 fully saturated rings. The number of ether oxygens (including phenoxy) is 1. The molecule has 0 radical (unpaired) electrons. The van der Waals surface area contributed by atoms with Gasteiger partial charge in [-0.2, -0.15) is 4.39 Å². The van der Waals surface area contributed by atoms with E-state index in [9.17, 15) is 18.4 Å². The summed E-state index contributed by atoms with van der Waals surface area (Å²) in [5.41, 5.74) is -0.571. The normalized spacial score (nSPS) is 9.75. The quantitative estimate of drug-likeness (QED) is 0.803. The standard InChI is InChI=1S/C10H9F2NO3/c1-5(15)13-7-3-6(4-14)8(11)9(12)10(7)16-2/h3-4H,1-2H3,(H,13,15). The van der Waals surface area contributed by atoms with Gasteiger partial charge in [0.25, 0.3) is 0 Å². The average molecular weight is 229 g/mol. The fraction of sp³-hybridized carbons (Fsp3) is 0.200. The first-order valence-electron chi connectivity index (χ1n) is 4.30. The maximum Gasteiger partial charge on any atom is 0.221 e. The van der Waals surface area contributed by atoms with Crippen molar-refractivity contribution >= 4 is 17.9 Å². The molecule has 0 heterocycles. The van der Waals surface area contributed by atoms with Crippen molar-refractivity contribution in [3.63, 3.8) is 0 Å². The molecular formula is C10H9F2NO3. The lowest BCUT2D eigenvalue weighted by molar-refractivity contribution is -0.114. The van der Waals surface area contributed by atoms with Crippen molar-refractivity contribution in [1.82, 2.24) is 0 Å². The van der Waals surface area contributed by atoms with Crippen LogP contribution >= 0.6 is 0 Å². The lowest BCUT2D eigenvalue weighted by atomic mass is 10.1. The molecule has 0 saturated carbocycles. The molecule has 0 aliphatic heterocycles. The van der Waals surface area contributed by atoms with Gasteiger partial charge in [-0.05, 0) is 6.07 Å². The molecule has 0 atom stereocenters. The van der Waals surface area contributed by atoms with E-state index in [1.165, 1.54) is 6.92 Å². The van der Waals surface area contributed by atoms with E-state index >= 15 is 0 Å². The van der Waals surface area contributed by atoms with Gasteiger partial charge in [-0.1, -0.05) is 0 Å². The lowest BCUT2D eigenvalue weighted by Gasteiger charge is -2.11. The van der Waals surface area contributed by atoms with E-state index in [1.54, 1.807) is 0 Å². The molecule has 1 N–H and O–H groups in total. The number of hydrogen-bond acceptors (Lipinski definition) is 3. The summed E-state index contributed by atoms with van der Waals surface area (Å²) in [7, 11) is 1.13. The lowest BCUT2D eigenvalue weighted by Crippen LogP contribution is -2.10. The van der Waals surface area contributed by atoms with Crippen molar-refractivity contribution in [3.8, 4) is 5.75 Å². The van der Waals surface area contributed by atoms with Gasteiger partial charge in [0.15, 0.2) is 17.9 Å². The van der Waals surface area contributed by atoms with Gasteiger partial charge >= 0.3 is 0 Å². The van der Waals surface area contributed by atoms with Gasteiger partial charge in [0.2, 0.25) is 11.7 Å². The van der Waals surface area contributed by atoms with Crippen LogP contribution in [-0.2, 0) is 4.79 Å². The molecule has 1 aromatic rings. The van der Waals surface area contributed by atoms with Crippen LogP contribution in [0.4, 0.5) is 14.5 Å². The average Bonchev–Trinajstić information content (AvgIpc) is 2.23. The van der Waals surface area contributed by atoms with E-state index in [0.717, 1.165) is 13.2 Å². The van der Waals surface area contributed by atoms with Gasteiger partial charge in [-0.15, -0.1) is 0 Å². The molecule has 0 spiro atoms. The molecule has 1 amide bonds. The number of halogens is 2. The number of carbonyl (C=O) groups is 2. The Hall–Kier alpha value is -1.98. The first-order valence-corrected chi connectivity index (χ1v) is 4.30. The Kier molecular flexibility index (Phi) is 3.55. The van der Waals surface area contributed by atoms with Crippen molar-refractivity contribution in [2.24, 2.45) is 0 Å². The smallest absolute Gasteiger partial charge is 0.221 e. The highest BCUT2D eigenvalue weighted by atomic mass is 19.2. The predicted molar refractivity (Wildman–Crippen MR) is 52.6 cm³/mol. The molecule has 16 heavy (non-hydrogen) atoms. The number of amides is 1. The van der Waals surface area contributed by atoms with E-state index < -0.39 is 28.9 Å². The van der Waals surface area contributed by atoms with Crippen LogP contribution in [0.25, 0.3) is 0 Å². The summed E-state index contributed by atoms with van der Waals surface area (Å²) in [6.07, 6.45) is 0.156. The Balaban J connectivity index is 3.40. The summed E-state index contributed by atoms with van der Waals surface area (Å²) in [6, 6.07) is 1.01. The van der Waals surface area contributed by atoms with Crippen LogP contribution in [0, 0.1) is 11.6 Å². The third-order valence-electron chi connectivity index (χ3n) is 1.83. The first kappa shape index (κ1) is 12.1. The van der Waals surface area contributed by atoms with Crippen molar-refractivity contribution in [1.29, 1.82) is 0 Å². The molecular weight excluding hydrogens is 220 g/mol. The zero-order valence-corrected chi connectivity index (χ0v) is 8.64. The van der Waals surface area contributed by atoms with Crippen LogP contribution in [0.15, 0.2) is 6.07 Å². The molecule has 6 heteroatoms. The molecule has 1 rings (SSSR count). The van der Waals surface area contributed by atoms with Crippen molar-refractivity contribution < 1.29 is 23.1 Å². The number of hydrogen-bond donors (Lipinski definition) is 1. The van der Waals surface area contributed by atoms with Gasteiger partial charge in [0, 0.05) is 6.92 Å². The monoisotopic (exact) mass is 229 g/mol. The van der Waals surface area contributed by atoms with Crippen LogP contribution < -0.4 is 10.1 Å². The topological polar surface area (TPSA) is 55.4 Å². The van der Waals surface area contributed by atoms with Crippen molar-refractivity contribution in [2.45, 2.75) is 6.92 Å². The summed E-state index contributed by atoms with van der Waals surface area (Å²) < 4.78 is 31.1. The number of rotatable bonds is 3. The number of anilines is 1. The minimum absolute atomic E-state index is 0.0870. The fourth-order valence-corrected chi connectivity index (χ4v) is 1.20. The Labute approximate surface area is 90.2 Å². The van der Waals surface area contributed by atoms with E-state index in [-0.39, 0.29) is 12.0 Å². The number of benzene rings is 1. The Morgan fingerprint density at radius 2 is 2.06 bits per heavy atom. The van der Waals surface area contributed by atoms with Crippen LogP contribution in [0.5, 0.6) is 5.75 Å². The number of nitrogens with one attached hydrogen (secondary N) is 1. The Morgan fingerprint density at radius 1 is 1.44 bits per heavy atom. The highest BCUT2D eigenvalue weighted by Gasteiger charge is 2.19. The number of aldehydes is 1. The molecule has 0 aliphatic carbocycles. The van der Waals surface area contributed by atoms with Gasteiger partial charge in [-0.25, -0.2) is 4.39 Å². The summed E-state index contributed by atoms with van der Waals surface area (Å²) in [5.74, 6) is -3.55. The third-order valence-corrected chi connectivity index (χ3v) is 1.83. The second-order valence-electron chi connectivity index (χ2n) is 2.97. The van der Waals surface area contributed by atoms with Gasteiger partial charge < -0.3 is 10.1 Å². The molecule has 0 aliphatic rings. The van der Waals surface area contributed by atoms with Crippen LogP contribution in [0.2, 0.25) is 0 Å². The van der Waals surface area contributed by atoms with Crippen molar-refractivity contribution in [2.75, 3.05) is 12.4 Å². The summed E-state index contributed by atoms with van der Waals surface area (Å²) in [6.45, 7) is 1.20. The zero-order chi connectivity index (χ0) is 12.3. The van der Waals surface area contributed by atoms with E-state index in [2.05, 4.69) is 10.1 Å². The molecule has 0 bridgehead atoms. The predicted octanol–water partition coefficient (Wildman–Crippen LogP) is 1.74. The molecule has 1 aromatic carbocycles. The second kappa shape index (κ2) is 4.69. The van der Waals surface area contributed by atoms with Gasteiger partial charge in [0.1, 0.15) is 0 Å². The highest BCUT2D eigenvalue weighted by molar-refractivity contribution is 5.92. The Bertz CT molecular complexity index is 446. The molecule has 86 valence electrons. The molecule has 0 aromatic heterocycles. The SMILES string of the molecule is COc1c(NC(C)=O)cc(C=O)c(F)c1F. The van der Waals surface area contributed by atoms with Gasteiger partial charge in [-0.3, -0.25) is 9.59 Å². The highest BCUT2D eigenvalue weighted by Crippen LogP contribution is 2.31. The summed E-state index contributed by atoms with van der Waals surface area (Å²) in [5, 5.41) is 2.24. The maximum absolute atomic E-state index is 13.4. The van der Waals surface area contributed by atoms with E-state index in [1.807, 2.05) is 0 Å². The Morgan fingerprint density at radius 3 is 2.50 bits per heavy atom. The minimum atomic E-state index is -1.31. The van der Waals surface area contributed by atoms with Crippen LogP contribution in [0.3, 0.4) is 0 Å². The van der Waals surface area contributed by atoms with Crippen LogP contribution in [-0.4, -0.2) is 19.3 Å². The molecule has 0 saturated heterocycles. The maximum atomic E-state index is 13.4. The molecule has 4 nitrogen and oxygen atoms in total. The second-order valence-corrected chi connectivity index (χ2v) is 2.97. The third kappa shape index (κ3) is 2.16. The minimum Gasteiger partial charge on any atom is -0.491 e. The van der Waals surface area contributed by atoms with E-state index in [0.29, 0.717) is 0 Å².